The maximum absolute atomic E-state index is 13.2. The number of aliphatic hydroxyl groups excluding tert-OH is 1. The van der Waals surface area contributed by atoms with Crippen LogP contribution in [0.15, 0.2) is 0 Å². The van der Waals surface area contributed by atoms with Gasteiger partial charge in [-0.15, -0.1) is 0 Å². The monoisotopic (exact) mass is 1580 g/mol. The van der Waals surface area contributed by atoms with Gasteiger partial charge < -0.3 is 33.8 Å². The van der Waals surface area contributed by atoms with Crippen LogP contribution in [-0.2, 0) is 65.4 Å². The third-order valence-corrected chi connectivity index (χ3v) is 23.3. The zero-order chi connectivity index (χ0) is 79.0. The van der Waals surface area contributed by atoms with Crippen LogP contribution in [0, 0.1) is 5.92 Å². The summed E-state index contributed by atoms with van der Waals surface area (Å²) in [6.07, 6.45) is 76.4. The maximum atomic E-state index is 13.2. The van der Waals surface area contributed by atoms with Crippen LogP contribution in [0.25, 0.3) is 0 Å². The molecule has 0 heterocycles. The van der Waals surface area contributed by atoms with Crippen molar-refractivity contribution in [1.82, 2.24) is 0 Å². The third kappa shape index (κ3) is 80.7. The Balaban J connectivity index is 5.22. The molecule has 19 heteroatoms. The fourth-order valence-electron chi connectivity index (χ4n) is 14.0. The molecular formula is C89H174O17P2. The molecule has 0 saturated heterocycles. The van der Waals surface area contributed by atoms with Gasteiger partial charge in [-0.2, -0.15) is 0 Å². The number of hydrogen-bond donors (Lipinski definition) is 3. The Kier molecular flexibility index (Phi) is 80.2. The zero-order valence-corrected chi connectivity index (χ0v) is 72.8. The molecule has 0 aliphatic heterocycles. The van der Waals surface area contributed by atoms with Crippen LogP contribution in [0.2, 0.25) is 0 Å². The molecule has 3 unspecified atom stereocenters. The van der Waals surface area contributed by atoms with Gasteiger partial charge in [-0.1, -0.05) is 433 Å². The Labute approximate surface area is 664 Å². The van der Waals surface area contributed by atoms with Crippen LogP contribution in [0.4, 0.5) is 0 Å². The summed E-state index contributed by atoms with van der Waals surface area (Å²) in [4.78, 5) is 73.3. The lowest BCUT2D eigenvalue weighted by Gasteiger charge is -2.21. The summed E-state index contributed by atoms with van der Waals surface area (Å²) in [6, 6.07) is 0. The van der Waals surface area contributed by atoms with Crippen LogP contribution in [-0.4, -0.2) is 96.7 Å². The third-order valence-electron chi connectivity index (χ3n) is 21.4. The van der Waals surface area contributed by atoms with Gasteiger partial charge in [-0.25, -0.2) is 9.13 Å². The molecule has 0 aromatic heterocycles. The average molecular weight is 1580 g/mol. The minimum Gasteiger partial charge on any atom is -0.462 e. The smallest absolute Gasteiger partial charge is 0.462 e. The number of phosphoric acid groups is 2. The van der Waals surface area contributed by atoms with Gasteiger partial charge in [0.2, 0.25) is 0 Å². The average Bonchev–Trinajstić information content (AvgIpc) is 0.888. The second-order valence-electron chi connectivity index (χ2n) is 32.2. The number of rotatable bonds is 89. The summed E-state index contributed by atoms with van der Waals surface area (Å²) in [5.41, 5.74) is 0. The summed E-state index contributed by atoms with van der Waals surface area (Å²) in [7, 11) is -9.93. The highest BCUT2D eigenvalue weighted by Crippen LogP contribution is 2.45. The second-order valence-corrected chi connectivity index (χ2v) is 35.1. The molecule has 0 bridgehead atoms. The van der Waals surface area contributed by atoms with E-state index in [9.17, 15) is 43.2 Å². The molecule has 0 fully saturated rings. The van der Waals surface area contributed by atoms with Gasteiger partial charge in [0, 0.05) is 25.7 Å². The summed E-state index contributed by atoms with van der Waals surface area (Å²) in [5, 5.41) is 10.7. The van der Waals surface area contributed by atoms with E-state index in [0.717, 1.165) is 95.8 Å². The molecule has 0 aromatic rings. The van der Waals surface area contributed by atoms with E-state index in [0.29, 0.717) is 25.7 Å². The fourth-order valence-corrected chi connectivity index (χ4v) is 15.5. The van der Waals surface area contributed by atoms with Crippen molar-refractivity contribution in [3.05, 3.63) is 0 Å². The molecule has 108 heavy (non-hydrogen) atoms. The van der Waals surface area contributed by atoms with Crippen LogP contribution < -0.4 is 0 Å². The Morgan fingerprint density at radius 3 is 0.657 bits per heavy atom. The van der Waals surface area contributed by atoms with Crippen molar-refractivity contribution in [2.24, 2.45) is 5.92 Å². The topological polar surface area (TPSA) is 237 Å². The summed E-state index contributed by atoms with van der Waals surface area (Å²) in [6.45, 7) is 7.45. The summed E-state index contributed by atoms with van der Waals surface area (Å²) in [5.74, 6) is -1.22. The van der Waals surface area contributed by atoms with Gasteiger partial charge in [0.1, 0.15) is 19.3 Å². The van der Waals surface area contributed by atoms with E-state index in [4.69, 9.17) is 37.0 Å². The Morgan fingerprint density at radius 1 is 0.259 bits per heavy atom. The number of ether oxygens (including phenoxy) is 4. The molecule has 0 spiro atoms. The number of esters is 4. The van der Waals surface area contributed by atoms with Crippen LogP contribution in [0.1, 0.15) is 484 Å². The van der Waals surface area contributed by atoms with Crippen molar-refractivity contribution in [2.45, 2.75) is 502 Å². The molecule has 642 valence electrons. The standard InChI is InChI=1S/C89H174O17P2/c1-6-10-13-16-19-22-25-27-29-31-32-37-40-44-48-53-58-63-68-73-87(92)100-79-85(106-89(94)75-70-65-60-55-50-46-42-38-34-33-36-39-43-47-51-56-61-66-71-82(5)9-4)81-104-108(97,98)102-77-83(90)76-101-107(95,96)103-80-84(78-99-86(91)72-67-62-57-52-24-21-18-15-12-8-3)105-88(93)74-69-64-59-54-49-45-41-35-30-28-26-23-20-17-14-11-7-2/h82-85,90H,6-81H2,1-5H3,(H,95,96)(H,97,98)/t82?,83-,84+,85+/m0/s1. The van der Waals surface area contributed by atoms with Crippen molar-refractivity contribution < 1.29 is 80.2 Å². The van der Waals surface area contributed by atoms with Crippen molar-refractivity contribution in [2.75, 3.05) is 39.6 Å². The number of carbonyl (C=O) groups excluding carboxylic acids is 4. The van der Waals surface area contributed by atoms with Gasteiger partial charge >= 0.3 is 39.5 Å². The Bertz CT molecular complexity index is 2050. The van der Waals surface area contributed by atoms with Gasteiger partial charge in [0.15, 0.2) is 12.2 Å². The minimum atomic E-state index is -4.97. The number of aliphatic hydroxyl groups is 1. The van der Waals surface area contributed by atoms with E-state index in [-0.39, 0.29) is 25.7 Å². The Hall–Kier alpha value is -1.94. The normalized spacial score (nSPS) is 14.0. The fraction of sp³-hybridized carbons (Fsp3) is 0.955. The molecule has 6 atom stereocenters. The number of unbranched alkanes of at least 4 members (excludes halogenated alkanes) is 60. The van der Waals surface area contributed by atoms with Gasteiger partial charge in [-0.3, -0.25) is 37.3 Å². The quantitative estimate of drug-likeness (QED) is 0.0222. The number of phosphoric ester groups is 2. The van der Waals surface area contributed by atoms with E-state index >= 15 is 0 Å². The lowest BCUT2D eigenvalue weighted by Crippen LogP contribution is -2.30. The lowest BCUT2D eigenvalue weighted by atomic mass is 9.99. The van der Waals surface area contributed by atoms with Crippen molar-refractivity contribution in [1.29, 1.82) is 0 Å². The van der Waals surface area contributed by atoms with Crippen molar-refractivity contribution >= 4 is 39.5 Å². The molecular weight excluding hydrogens is 1400 g/mol. The predicted molar refractivity (Wildman–Crippen MR) is 446 cm³/mol. The first kappa shape index (κ1) is 106. The van der Waals surface area contributed by atoms with Gasteiger partial charge in [0.05, 0.1) is 26.4 Å². The van der Waals surface area contributed by atoms with Crippen LogP contribution in [0.5, 0.6) is 0 Å². The predicted octanol–water partition coefficient (Wildman–Crippen LogP) is 27.5. The summed E-state index contributed by atoms with van der Waals surface area (Å²) < 4.78 is 69.0. The zero-order valence-electron chi connectivity index (χ0n) is 71.0. The van der Waals surface area contributed by atoms with Gasteiger partial charge in [-0.05, 0) is 31.6 Å². The maximum Gasteiger partial charge on any atom is 0.472 e. The van der Waals surface area contributed by atoms with E-state index in [2.05, 4.69) is 34.6 Å². The molecule has 0 amide bonds. The summed E-state index contributed by atoms with van der Waals surface area (Å²) >= 11 is 0. The van der Waals surface area contributed by atoms with Gasteiger partial charge in [0.25, 0.3) is 0 Å². The largest absolute Gasteiger partial charge is 0.472 e. The van der Waals surface area contributed by atoms with E-state index < -0.39 is 97.5 Å². The first-order valence-electron chi connectivity index (χ1n) is 46.2. The van der Waals surface area contributed by atoms with Crippen molar-refractivity contribution in [3.8, 4) is 0 Å². The van der Waals surface area contributed by atoms with E-state index in [1.54, 1.807) is 0 Å². The molecule has 0 aliphatic rings. The number of hydrogen-bond acceptors (Lipinski definition) is 15. The second kappa shape index (κ2) is 81.6. The molecule has 3 N–H and O–H groups in total. The highest BCUT2D eigenvalue weighted by molar-refractivity contribution is 7.47. The minimum absolute atomic E-state index is 0.109. The highest BCUT2D eigenvalue weighted by Gasteiger charge is 2.31. The molecule has 0 aromatic carbocycles. The lowest BCUT2D eigenvalue weighted by molar-refractivity contribution is -0.161. The van der Waals surface area contributed by atoms with E-state index in [1.807, 2.05) is 0 Å². The SMILES string of the molecule is CCCCCCCCCCCCCCCCCCCCCC(=O)OC[C@H](COP(=O)(O)OC[C@@H](O)COP(=O)(O)OC[C@@H](COC(=O)CCCCCCCCCCCC)OC(=O)CCCCCCCCCCCCCCCCCCC)OC(=O)CCCCCCCCCCCCCCCCCCCCC(C)CC. The first-order valence-corrected chi connectivity index (χ1v) is 49.2. The van der Waals surface area contributed by atoms with Crippen LogP contribution >= 0.6 is 15.6 Å². The molecule has 0 radical (unpaired) electrons. The van der Waals surface area contributed by atoms with E-state index in [1.165, 1.54) is 308 Å². The van der Waals surface area contributed by atoms with Crippen molar-refractivity contribution in [3.63, 3.8) is 0 Å². The Morgan fingerprint density at radius 2 is 0.444 bits per heavy atom. The van der Waals surface area contributed by atoms with Crippen LogP contribution in [0.3, 0.4) is 0 Å². The highest BCUT2D eigenvalue weighted by atomic mass is 31.2. The molecule has 17 nitrogen and oxygen atoms in total. The molecule has 0 aliphatic carbocycles. The first-order chi connectivity index (χ1) is 52.6. The molecule has 0 rings (SSSR count). The molecule has 0 saturated carbocycles. The number of carbonyl (C=O) groups is 4.